The number of rotatable bonds is 5. The van der Waals surface area contributed by atoms with Crippen molar-refractivity contribution in [2.75, 3.05) is 5.32 Å². The van der Waals surface area contributed by atoms with Crippen LogP contribution >= 0.6 is 11.3 Å². The third kappa shape index (κ3) is 3.94. The van der Waals surface area contributed by atoms with Crippen molar-refractivity contribution in [2.45, 2.75) is 20.4 Å². The molecule has 33 heavy (non-hydrogen) atoms. The molecule has 0 radical (unpaired) electrons. The number of anilines is 1. The summed E-state index contributed by atoms with van der Waals surface area (Å²) < 4.78 is 6.78. The van der Waals surface area contributed by atoms with Crippen LogP contribution in [0, 0.1) is 13.8 Å². The normalized spacial score (nSPS) is 11.1. The van der Waals surface area contributed by atoms with Crippen molar-refractivity contribution in [1.29, 1.82) is 0 Å². The van der Waals surface area contributed by atoms with Crippen molar-refractivity contribution in [2.24, 2.45) is 0 Å². The summed E-state index contributed by atoms with van der Waals surface area (Å²) in [6.45, 7) is 3.59. The van der Waals surface area contributed by atoms with Crippen LogP contribution in [0.25, 0.3) is 32.4 Å². The minimum absolute atomic E-state index is 0.139. The summed E-state index contributed by atoms with van der Waals surface area (Å²) >= 11 is 1.31. The molecule has 0 aliphatic heterocycles. The predicted octanol–water partition coefficient (Wildman–Crippen LogP) is 4.43. The number of nitrogens with zero attached hydrogens (tertiary/aromatic N) is 4. The molecule has 164 valence electrons. The second kappa shape index (κ2) is 8.44. The highest BCUT2D eigenvalue weighted by Gasteiger charge is 2.21. The second-order valence-electron chi connectivity index (χ2n) is 7.57. The third-order valence-corrected chi connectivity index (χ3v) is 6.49. The lowest BCUT2D eigenvalue weighted by Gasteiger charge is -2.09. The number of para-hydroxylation sites is 1. The number of aryl methyl sites for hydroxylation is 2. The standard InChI is InChI=1S/C24H19N5O3S/c1-14-8-6-7-11-17(14)26-18(30)12-29-13-25-23-19(24(29)31)15(2)20(33-23)22-27-21(28-32-22)16-9-4-3-5-10-16/h3-11,13H,12H2,1-2H3,(H,26,30). The van der Waals surface area contributed by atoms with Gasteiger partial charge in [0.05, 0.1) is 16.6 Å². The summed E-state index contributed by atoms with van der Waals surface area (Å²) in [4.78, 5) is 35.8. The molecule has 0 aliphatic carbocycles. The van der Waals surface area contributed by atoms with Gasteiger partial charge in [0.15, 0.2) is 0 Å². The molecule has 0 spiro atoms. The predicted molar refractivity (Wildman–Crippen MR) is 127 cm³/mol. The first-order chi connectivity index (χ1) is 16.0. The summed E-state index contributed by atoms with van der Waals surface area (Å²) in [5, 5.41) is 7.35. The number of aromatic nitrogens is 4. The molecule has 1 amide bonds. The topological polar surface area (TPSA) is 103 Å². The molecule has 9 heteroatoms. The van der Waals surface area contributed by atoms with Gasteiger partial charge in [-0.1, -0.05) is 53.7 Å². The fourth-order valence-corrected chi connectivity index (χ4v) is 4.61. The lowest BCUT2D eigenvalue weighted by molar-refractivity contribution is -0.116. The summed E-state index contributed by atoms with van der Waals surface area (Å²) in [6.07, 6.45) is 1.39. The second-order valence-corrected chi connectivity index (χ2v) is 8.57. The van der Waals surface area contributed by atoms with Gasteiger partial charge in [-0.2, -0.15) is 4.98 Å². The smallest absolute Gasteiger partial charge is 0.268 e. The average Bonchev–Trinajstić information content (AvgIpc) is 3.43. The highest BCUT2D eigenvalue weighted by Crippen LogP contribution is 2.35. The molecule has 0 saturated carbocycles. The Morgan fingerprint density at radius 1 is 1.09 bits per heavy atom. The van der Waals surface area contributed by atoms with Crippen LogP contribution in [0.1, 0.15) is 11.1 Å². The maximum Gasteiger partial charge on any atom is 0.268 e. The molecule has 1 N–H and O–H groups in total. The molecule has 0 saturated heterocycles. The summed E-state index contributed by atoms with van der Waals surface area (Å²) in [7, 11) is 0. The average molecular weight is 458 g/mol. The fourth-order valence-electron chi connectivity index (χ4n) is 3.55. The zero-order valence-electron chi connectivity index (χ0n) is 17.9. The molecule has 3 heterocycles. The Kier molecular flexibility index (Phi) is 5.31. The number of amides is 1. The van der Waals surface area contributed by atoms with Crippen molar-refractivity contribution in [3.63, 3.8) is 0 Å². The lowest BCUT2D eigenvalue weighted by Crippen LogP contribution is -2.28. The van der Waals surface area contributed by atoms with E-state index in [2.05, 4.69) is 20.4 Å². The number of carbonyl (C=O) groups excluding carboxylic acids is 1. The van der Waals surface area contributed by atoms with Crippen LogP contribution in [0.15, 0.2) is 70.2 Å². The van der Waals surface area contributed by atoms with Gasteiger partial charge in [-0.15, -0.1) is 11.3 Å². The zero-order chi connectivity index (χ0) is 22.9. The molecule has 0 atom stereocenters. The van der Waals surface area contributed by atoms with E-state index in [1.807, 2.05) is 68.4 Å². The van der Waals surface area contributed by atoms with Crippen LogP contribution in [-0.4, -0.2) is 25.6 Å². The van der Waals surface area contributed by atoms with Crippen molar-refractivity contribution in [1.82, 2.24) is 19.7 Å². The highest BCUT2D eigenvalue weighted by molar-refractivity contribution is 7.22. The molecule has 5 rings (SSSR count). The zero-order valence-corrected chi connectivity index (χ0v) is 18.7. The number of hydrogen-bond acceptors (Lipinski definition) is 7. The van der Waals surface area contributed by atoms with Crippen molar-refractivity contribution in [3.05, 3.63) is 82.4 Å². The largest absolute Gasteiger partial charge is 0.333 e. The first-order valence-electron chi connectivity index (χ1n) is 10.2. The van der Waals surface area contributed by atoms with Gasteiger partial charge in [-0.3, -0.25) is 14.2 Å². The maximum atomic E-state index is 13.2. The van der Waals surface area contributed by atoms with Gasteiger partial charge in [0.1, 0.15) is 11.4 Å². The molecule has 2 aromatic carbocycles. The Bertz CT molecular complexity index is 1540. The quantitative estimate of drug-likeness (QED) is 0.419. The third-order valence-electron chi connectivity index (χ3n) is 5.30. The number of benzene rings is 2. The van der Waals surface area contributed by atoms with E-state index in [-0.39, 0.29) is 18.0 Å². The summed E-state index contributed by atoms with van der Waals surface area (Å²) in [5.74, 6) is 0.503. The van der Waals surface area contributed by atoms with Gasteiger partial charge in [-0.25, -0.2) is 4.98 Å². The van der Waals surface area contributed by atoms with Crippen LogP contribution in [0.5, 0.6) is 0 Å². The Morgan fingerprint density at radius 2 is 1.85 bits per heavy atom. The van der Waals surface area contributed by atoms with E-state index in [9.17, 15) is 9.59 Å². The van der Waals surface area contributed by atoms with Crippen molar-refractivity contribution >= 4 is 33.1 Å². The highest BCUT2D eigenvalue weighted by atomic mass is 32.1. The van der Waals surface area contributed by atoms with Crippen LogP contribution < -0.4 is 10.9 Å². The molecule has 8 nitrogen and oxygen atoms in total. The minimum atomic E-state index is -0.301. The van der Waals surface area contributed by atoms with Gasteiger partial charge in [0, 0.05) is 11.3 Å². The number of fused-ring (bicyclic) bond motifs is 1. The molecule has 3 aromatic heterocycles. The minimum Gasteiger partial charge on any atom is -0.333 e. The first-order valence-corrected chi connectivity index (χ1v) is 11.1. The van der Waals surface area contributed by atoms with Gasteiger partial charge >= 0.3 is 0 Å². The fraction of sp³-hybridized carbons (Fsp3) is 0.125. The van der Waals surface area contributed by atoms with Crippen LogP contribution in [0.4, 0.5) is 5.69 Å². The van der Waals surface area contributed by atoms with Gasteiger partial charge < -0.3 is 9.84 Å². The van der Waals surface area contributed by atoms with Gasteiger partial charge in [-0.05, 0) is 31.0 Å². The van der Waals surface area contributed by atoms with E-state index in [4.69, 9.17) is 4.52 Å². The Hall–Kier alpha value is -4.11. The molecule has 5 aromatic rings. The molecular formula is C24H19N5O3S. The van der Waals surface area contributed by atoms with Crippen LogP contribution in [0.2, 0.25) is 0 Å². The molecular weight excluding hydrogens is 438 g/mol. The van der Waals surface area contributed by atoms with E-state index in [1.165, 1.54) is 22.2 Å². The van der Waals surface area contributed by atoms with E-state index in [0.29, 0.717) is 38.1 Å². The lowest BCUT2D eigenvalue weighted by atomic mass is 10.2. The monoisotopic (exact) mass is 457 g/mol. The number of hydrogen-bond donors (Lipinski definition) is 1. The van der Waals surface area contributed by atoms with Gasteiger partial charge in [0.2, 0.25) is 11.7 Å². The Labute approximate surface area is 192 Å². The SMILES string of the molecule is Cc1ccccc1NC(=O)Cn1cnc2sc(-c3nc(-c4ccccc4)no3)c(C)c2c1=O. The van der Waals surface area contributed by atoms with Crippen LogP contribution in [0.3, 0.4) is 0 Å². The Morgan fingerprint density at radius 3 is 2.64 bits per heavy atom. The van der Waals surface area contributed by atoms with Crippen LogP contribution in [-0.2, 0) is 11.3 Å². The Balaban J connectivity index is 1.45. The van der Waals surface area contributed by atoms with Gasteiger partial charge in [0.25, 0.3) is 11.4 Å². The number of carbonyl (C=O) groups is 1. The van der Waals surface area contributed by atoms with Crippen molar-refractivity contribution < 1.29 is 9.32 Å². The molecule has 0 fully saturated rings. The molecule has 0 bridgehead atoms. The maximum absolute atomic E-state index is 13.2. The van der Waals surface area contributed by atoms with E-state index < -0.39 is 0 Å². The number of thiophene rings is 1. The number of nitrogens with one attached hydrogen (secondary N) is 1. The first kappa shape index (κ1) is 20.8. The van der Waals surface area contributed by atoms with E-state index >= 15 is 0 Å². The van der Waals surface area contributed by atoms with Crippen molar-refractivity contribution in [3.8, 4) is 22.2 Å². The molecule has 0 unspecified atom stereocenters. The van der Waals surface area contributed by atoms with E-state index in [0.717, 1.165) is 11.1 Å². The van der Waals surface area contributed by atoms with E-state index in [1.54, 1.807) is 0 Å². The molecule has 0 aliphatic rings. The summed E-state index contributed by atoms with van der Waals surface area (Å²) in [6, 6.07) is 17.0. The summed E-state index contributed by atoms with van der Waals surface area (Å²) in [5.41, 5.74) is 2.90.